The van der Waals surface area contributed by atoms with Gasteiger partial charge in [-0.15, -0.1) is 0 Å². The van der Waals surface area contributed by atoms with Crippen LogP contribution < -0.4 is 0 Å². The van der Waals surface area contributed by atoms with Crippen molar-refractivity contribution in [2.45, 2.75) is 50.5 Å². The van der Waals surface area contributed by atoms with Crippen LogP contribution in [0, 0.1) is 5.92 Å². The molecule has 1 aliphatic heterocycles. The number of nitrogens with zero attached hydrogens (tertiary/aromatic N) is 1. The molecule has 1 N–H and O–H groups in total. The van der Waals surface area contributed by atoms with Crippen molar-refractivity contribution < 1.29 is 13.5 Å². The van der Waals surface area contributed by atoms with Crippen molar-refractivity contribution in [2.24, 2.45) is 5.92 Å². The van der Waals surface area contributed by atoms with Crippen LogP contribution >= 0.6 is 0 Å². The summed E-state index contributed by atoms with van der Waals surface area (Å²) < 4.78 is 26.8. The van der Waals surface area contributed by atoms with Gasteiger partial charge in [0, 0.05) is 13.1 Å². The maximum atomic E-state index is 12.6. The maximum Gasteiger partial charge on any atom is 0.243 e. The maximum absolute atomic E-state index is 12.6. The van der Waals surface area contributed by atoms with E-state index in [4.69, 9.17) is 0 Å². The number of piperidine rings is 1. The molecular formula is C16H25NO3S. The van der Waals surface area contributed by atoms with Gasteiger partial charge in [-0.05, 0) is 49.3 Å². The smallest absolute Gasteiger partial charge is 0.243 e. The van der Waals surface area contributed by atoms with E-state index in [0.717, 1.165) is 18.4 Å². The van der Waals surface area contributed by atoms with E-state index in [1.54, 1.807) is 19.1 Å². The minimum atomic E-state index is -3.40. The van der Waals surface area contributed by atoms with Crippen molar-refractivity contribution >= 4 is 10.0 Å². The van der Waals surface area contributed by atoms with Gasteiger partial charge in [-0.25, -0.2) is 8.42 Å². The fourth-order valence-corrected chi connectivity index (χ4v) is 4.24. The van der Waals surface area contributed by atoms with E-state index in [-0.39, 0.29) is 12.0 Å². The van der Waals surface area contributed by atoms with E-state index >= 15 is 0 Å². The Morgan fingerprint density at radius 1 is 1.10 bits per heavy atom. The van der Waals surface area contributed by atoms with Gasteiger partial charge in [0.05, 0.1) is 11.0 Å². The van der Waals surface area contributed by atoms with Crippen molar-refractivity contribution in [3.63, 3.8) is 0 Å². The SMILES string of the molecule is CC(C)c1ccc(S(=O)(=O)N2CCC(C(C)O)CC2)cc1. The number of rotatable bonds is 4. The molecule has 0 spiro atoms. The molecule has 1 aliphatic rings. The Morgan fingerprint density at radius 3 is 2.05 bits per heavy atom. The number of hydrogen-bond donors (Lipinski definition) is 1. The van der Waals surface area contributed by atoms with Crippen LogP contribution in [-0.2, 0) is 10.0 Å². The largest absolute Gasteiger partial charge is 0.393 e. The molecular weight excluding hydrogens is 286 g/mol. The summed E-state index contributed by atoms with van der Waals surface area (Å²) in [6.07, 6.45) is 1.09. The summed E-state index contributed by atoms with van der Waals surface area (Å²) in [7, 11) is -3.40. The van der Waals surface area contributed by atoms with Gasteiger partial charge in [-0.2, -0.15) is 4.31 Å². The molecule has 5 heteroatoms. The van der Waals surface area contributed by atoms with Gasteiger partial charge < -0.3 is 5.11 Å². The standard InChI is InChI=1S/C16H25NO3S/c1-12(2)14-4-6-16(7-5-14)21(19,20)17-10-8-15(9-11-17)13(3)18/h4-7,12-13,15,18H,8-11H2,1-3H3. The third-order valence-electron chi connectivity index (χ3n) is 4.37. The number of sulfonamides is 1. The first kappa shape index (κ1) is 16.5. The lowest BCUT2D eigenvalue weighted by Crippen LogP contribution is -2.40. The Kier molecular flexibility index (Phi) is 5.07. The van der Waals surface area contributed by atoms with Gasteiger partial charge in [0.2, 0.25) is 10.0 Å². The van der Waals surface area contributed by atoms with E-state index < -0.39 is 10.0 Å². The Balaban J connectivity index is 2.12. The van der Waals surface area contributed by atoms with Gasteiger partial charge in [0.1, 0.15) is 0 Å². The van der Waals surface area contributed by atoms with E-state index in [1.165, 1.54) is 4.31 Å². The van der Waals surface area contributed by atoms with Gasteiger partial charge in [-0.1, -0.05) is 26.0 Å². The molecule has 1 aromatic rings. The van der Waals surface area contributed by atoms with Crippen LogP contribution in [0.2, 0.25) is 0 Å². The molecule has 21 heavy (non-hydrogen) atoms. The molecule has 1 heterocycles. The Hall–Kier alpha value is -0.910. The molecule has 4 nitrogen and oxygen atoms in total. The molecule has 1 atom stereocenters. The molecule has 1 unspecified atom stereocenters. The Morgan fingerprint density at radius 2 is 1.62 bits per heavy atom. The average Bonchev–Trinajstić information content (AvgIpc) is 2.47. The van der Waals surface area contributed by atoms with Crippen LogP contribution in [0.4, 0.5) is 0 Å². The zero-order chi connectivity index (χ0) is 15.6. The second-order valence-electron chi connectivity index (χ2n) is 6.21. The van der Waals surface area contributed by atoms with E-state index in [2.05, 4.69) is 13.8 Å². The fraction of sp³-hybridized carbons (Fsp3) is 0.625. The fourth-order valence-electron chi connectivity index (χ4n) is 2.77. The first-order valence-corrected chi connectivity index (χ1v) is 9.04. The van der Waals surface area contributed by atoms with Crippen LogP contribution in [0.3, 0.4) is 0 Å². The van der Waals surface area contributed by atoms with Gasteiger partial charge in [0.25, 0.3) is 0 Å². The number of hydrogen-bond acceptors (Lipinski definition) is 3. The highest BCUT2D eigenvalue weighted by Crippen LogP contribution is 2.26. The van der Waals surface area contributed by atoms with Gasteiger partial charge >= 0.3 is 0 Å². The minimum Gasteiger partial charge on any atom is -0.393 e. The minimum absolute atomic E-state index is 0.208. The monoisotopic (exact) mass is 311 g/mol. The third-order valence-corrected chi connectivity index (χ3v) is 6.28. The van der Waals surface area contributed by atoms with Crippen LogP contribution in [0.15, 0.2) is 29.2 Å². The lowest BCUT2D eigenvalue weighted by molar-refractivity contribution is 0.0912. The highest BCUT2D eigenvalue weighted by Gasteiger charge is 2.30. The van der Waals surface area contributed by atoms with Crippen molar-refractivity contribution in [1.82, 2.24) is 4.31 Å². The summed E-state index contributed by atoms with van der Waals surface area (Å²) in [4.78, 5) is 0.363. The highest BCUT2D eigenvalue weighted by molar-refractivity contribution is 7.89. The summed E-state index contributed by atoms with van der Waals surface area (Å²) in [5.41, 5.74) is 1.14. The number of benzene rings is 1. The van der Waals surface area contributed by atoms with Crippen LogP contribution in [0.25, 0.3) is 0 Å². The van der Waals surface area contributed by atoms with Gasteiger partial charge in [0.15, 0.2) is 0 Å². The quantitative estimate of drug-likeness (QED) is 0.930. The summed E-state index contributed by atoms with van der Waals surface area (Å²) in [6.45, 7) is 6.93. The molecule has 0 aliphatic carbocycles. The predicted molar refractivity (Wildman–Crippen MR) is 83.7 cm³/mol. The van der Waals surface area contributed by atoms with Crippen molar-refractivity contribution in [3.8, 4) is 0 Å². The molecule has 0 saturated carbocycles. The summed E-state index contributed by atoms with van der Waals surface area (Å²) in [5.74, 6) is 0.600. The Bertz CT molecular complexity index is 556. The Labute approximate surface area is 127 Å². The third kappa shape index (κ3) is 3.65. The lowest BCUT2D eigenvalue weighted by atomic mass is 9.93. The molecule has 1 fully saturated rings. The number of aliphatic hydroxyl groups excluding tert-OH is 1. The summed E-state index contributed by atoms with van der Waals surface area (Å²) in [6, 6.07) is 7.18. The van der Waals surface area contributed by atoms with Crippen LogP contribution in [-0.4, -0.2) is 37.0 Å². The molecule has 1 aromatic carbocycles. The molecule has 0 radical (unpaired) electrons. The van der Waals surface area contributed by atoms with Crippen LogP contribution in [0.1, 0.15) is 45.1 Å². The summed E-state index contributed by atoms with van der Waals surface area (Å²) in [5, 5.41) is 9.60. The first-order chi connectivity index (χ1) is 9.82. The highest BCUT2D eigenvalue weighted by atomic mass is 32.2. The van der Waals surface area contributed by atoms with Crippen LogP contribution in [0.5, 0.6) is 0 Å². The lowest BCUT2D eigenvalue weighted by Gasteiger charge is -2.32. The average molecular weight is 311 g/mol. The second kappa shape index (κ2) is 6.46. The predicted octanol–water partition coefficient (Wildman–Crippen LogP) is 2.59. The number of aliphatic hydroxyl groups is 1. The topological polar surface area (TPSA) is 57.6 Å². The van der Waals surface area contributed by atoms with E-state index in [1.807, 2.05) is 12.1 Å². The van der Waals surface area contributed by atoms with E-state index in [9.17, 15) is 13.5 Å². The van der Waals surface area contributed by atoms with E-state index in [0.29, 0.717) is 23.9 Å². The molecule has 0 amide bonds. The second-order valence-corrected chi connectivity index (χ2v) is 8.14. The zero-order valence-corrected chi connectivity index (χ0v) is 13.8. The molecule has 1 saturated heterocycles. The summed E-state index contributed by atoms with van der Waals surface area (Å²) >= 11 is 0. The normalized spacial score (nSPS) is 19.9. The van der Waals surface area contributed by atoms with Crippen molar-refractivity contribution in [2.75, 3.05) is 13.1 Å². The first-order valence-electron chi connectivity index (χ1n) is 7.60. The molecule has 118 valence electrons. The zero-order valence-electron chi connectivity index (χ0n) is 13.0. The molecule has 2 rings (SSSR count). The molecule has 0 aromatic heterocycles. The van der Waals surface area contributed by atoms with Gasteiger partial charge in [-0.3, -0.25) is 0 Å². The molecule has 0 bridgehead atoms. The van der Waals surface area contributed by atoms with Crippen molar-refractivity contribution in [1.29, 1.82) is 0 Å². The van der Waals surface area contributed by atoms with Crippen molar-refractivity contribution in [3.05, 3.63) is 29.8 Å².